The van der Waals surface area contributed by atoms with Gasteiger partial charge >= 0.3 is 35.8 Å². The summed E-state index contributed by atoms with van der Waals surface area (Å²) in [5.41, 5.74) is -0.362. The van der Waals surface area contributed by atoms with Crippen molar-refractivity contribution in [3.63, 3.8) is 0 Å². The molecule has 2 N–H and O–H groups in total. The molecular weight excluding hydrogens is 586 g/mol. The first kappa shape index (κ1) is 27.7. The van der Waals surface area contributed by atoms with Crippen LogP contribution >= 0.6 is 22.6 Å². The molecule has 0 amide bonds. The minimum Gasteiger partial charge on any atom is -0.508 e. The van der Waals surface area contributed by atoms with Crippen LogP contribution in [0.3, 0.4) is 0 Å². The fourth-order valence-electron chi connectivity index (χ4n) is 2.25. The van der Waals surface area contributed by atoms with E-state index >= 15 is 0 Å². The van der Waals surface area contributed by atoms with Crippen molar-refractivity contribution < 1.29 is 67.3 Å². The quantitative estimate of drug-likeness (QED) is 0.154. The Hall–Kier alpha value is -1.36. The summed E-state index contributed by atoms with van der Waals surface area (Å²) in [7, 11) is 0. The molecule has 0 bridgehead atoms. The van der Waals surface area contributed by atoms with Gasteiger partial charge in [-0.3, -0.25) is 0 Å². The molecule has 0 spiro atoms. The van der Waals surface area contributed by atoms with Crippen molar-refractivity contribution in [3.8, 4) is 11.5 Å². The largest absolute Gasteiger partial charge is 0.508 e. The van der Waals surface area contributed by atoms with Crippen LogP contribution in [0.5, 0.6) is 11.5 Å². The Kier molecular flexibility index (Phi) is 7.32. The van der Waals surface area contributed by atoms with Crippen LogP contribution < -0.4 is 0 Å². The molecule has 31 heavy (non-hydrogen) atoms. The summed E-state index contributed by atoms with van der Waals surface area (Å²) in [6.45, 7) is 0. The van der Waals surface area contributed by atoms with Crippen LogP contribution in [0.25, 0.3) is 0 Å². The summed E-state index contributed by atoms with van der Waals surface area (Å²) >= 11 is 0.950. The Bertz CT molecular complexity index is 792. The number of phenolic OH excluding ortho intramolecular Hbond substituents is 2. The zero-order chi connectivity index (χ0) is 24.8. The molecule has 0 aliphatic rings. The number of alkyl halides is 14. The van der Waals surface area contributed by atoms with E-state index in [1.54, 1.807) is 0 Å². The van der Waals surface area contributed by atoms with E-state index in [0.717, 1.165) is 40.8 Å². The van der Waals surface area contributed by atoms with E-state index < -0.39 is 64.1 Å². The first-order valence-electron chi connectivity index (χ1n) is 7.63. The average Bonchev–Trinajstić information content (AvgIpc) is 2.55. The van der Waals surface area contributed by atoms with Crippen LogP contribution in [0, 0.1) is 0 Å². The molecule has 0 fully saturated rings. The third-order valence-electron chi connectivity index (χ3n) is 3.98. The SMILES string of the molecule is Oc1ccc(O)c(CC(I)CC(F)(F)C(F)(F)C(F)(F)C(F)(F)C(F)(F)C(F)(F)F)c1. The summed E-state index contributed by atoms with van der Waals surface area (Å²) in [5.74, 6) is -38.3. The highest BCUT2D eigenvalue weighted by Gasteiger charge is 2.90. The van der Waals surface area contributed by atoms with Gasteiger partial charge in [-0.1, -0.05) is 22.6 Å². The highest BCUT2D eigenvalue weighted by atomic mass is 127. The van der Waals surface area contributed by atoms with Gasteiger partial charge in [0.25, 0.3) is 0 Å². The monoisotopic (exact) mass is 596 g/mol. The Labute approximate surface area is 178 Å². The third-order valence-corrected chi connectivity index (χ3v) is 4.86. The number of hydrogen-bond donors (Lipinski definition) is 2. The average molecular weight is 596 g/mol. The maximum Gasteiger partial charge on any atom is 0.460 e. The van der Waals surface area contributed by atoms with Crippen molar-refractivity contribution in [2.24, 2.45) is 0 Å². The van der Waals surface area contributed by atoms with Gasteiger partial charge in [0.1, 0.15) is 11.5 Å². The number of phenols is 2. The van der Waals surface area contributed by atoms with Gasteiger partial charge in [0.15, 0.2) is 0 Å². The van der Waals surface area contributed by atoms with Crippen molar-refractivity contribution >= 4 is 22.6 Å². The molecule has 16 heteroatoms. The molecule has 1 rings (SSSR count). The highest BCUT2D eigenvalue weighted by Crippen LogP contribution is 2.61. The molecule has 0 heterocycles. The smallest absolute Gasteiger partial charge is 0.460 e. The van der Waals surface area contributed by atoms with E-state index in [1.165, 1.54) is 0 Å². The van der Waals surface area contributed by atoms with Crippen LogP contribution in [0.4, 0.5) is 57.1 Å². The van der Waals surface area contributed by atoms with E-state index in [1.807, 2.05) is 0 Å². The zero-order valence-electron chi connectivity index (χ0n) is 14.4. The molecule has 0 saturated carbocycles. The zero-order valence-corrected chi connectivity index (χ0v) is 16.6. The lowest BCUT2D eigenvalue weighted by molar-refractivity contribution is -0.440. The number of halogens is 14. The molecule has 0 saturated heterocycles. The van der Waals surface area contributed by atoms with Crippen molar-refractivity contribution in [1.82, 2.24) is 0 Å². The van der Waals surface area contributed by atoms with Crippen LogP contribution in [0.15, 0.2) is 18.2 Å². The molecule has 0 aromatic heterocycles. The van der Waals surface area contributed by atoms with Crippen molar-refractivity contribution in [2.75, 3.05) is 0 Å². The van der Waals surface area contributed by atoms with Gasteiger partial charge in [-0.2, -0.15) is 57.1 Å². The lowest BCUT2D eigenvalue weighted by Crippen LogP contribution is -2.70. The second-order valence-electron chi connectivity index (χ2n) is 6.32. The van der Waals surface area contributed by atoms with Gasteiger partial charge in [0.2, 0.25) is 0 Å². The summed E-state index contributed by atoms with van der Waals surface area (Å²) in [6, 6.07) is 2.53. The fraction of sp³-hybridized carbons (Fsp3) is 0.600. The minimum absolute atomic E-state index is 0.362. The van der Waals surface area contributed by atoms with Gasteiger partial charge in [0.05, 0.1) is 0 Å². The van der Waals surface area contributed by atoms with Gasteiger partial charge < -0.3 is 10.2 Å². The first-order valence-corrected chi connectivity index (χ1v) is 8.88. The number of hydrogen-bond acceptors (Lipinski definition) is 2. The second kappa shape index (κ2) is 8.20. The van der Waals surface area contributed by atoms with Gasteiger partial charge in [-0.05, 0) is 30.2 Å². The van der Waals surface area contributed by atoms with Crippen LogP contribution in [0.1, 0.15) is 12.0 Å². The number of aromatic hydroxyl groups is 2. The molecule has 0 aliphatic carbocycles. The first-order chi connectivity index (χ1) is 13.5. The standard InChI is InChI=1S/C15H10F13IO2/c16-10(17,5-7(29)3-6-4-8(30)1-2-9(6)31)11(18,19)12(20,21)13(22,23)14(24,25)15(26,27)28/h1-2,4,7,30-31H,3,5H2. The Morgan fingerprint density at radius 3 is 1.61 bits per heavy atom. The summed E-state index contributed by atoms with van der Waals surface area (Å²) in [5, 5.41) is 18.7. The Balaban J connectivity index is 3.25. The molecule has 1 aromatic carbocycles. The fourth-order valence-corrected chi connectivity index (χ4v) is 3.28. The Morgan fingerprint density at radius 1 is 0.710 bits per heavy atom. The number of benzene rings is 1. The van der Waals surface area contributed by atoms with E-state index in [2.05, 4.69) is 0 Å². The molecular formula is C15H10F13IO2. The Morgan fingerprint density at radius 2 is 1.16 bits per heavy atom. The summed E-state index contributed by atoms with van der Waals surface area (Å²) < 4.78 is 168. The van der Waals surface area contributed by atoms with E-state index in [0.29, 0.717) is 0 Å². The lowest BCUT2D eigenvalue weighted by Gasteiger charge is -2.40. The summed E-state index contributed by atoms with van der Waals surface area (Å²) in [6.07, 6.45) is -10.7. The number of rotatable bonds is 8. The molecule has 2 nitrogen and oxygen atoms in total. The molecule has 1 unspecified atom stereocenters. The molecule has 0 radical (unpaired) electrons. The normalized spacial score (nSPS) is 15.8. The van der Waals surface area contributed by atoms with Crippen LogP contribution in [-0.2, 0) is 6.42 Å². The van der Waals surface area contributed by atoms with Gasteiger partial charge in [-0.25, -0.2) is 0 Å². The molecule has 1 aromatic rings. The van der Waals surface area contributed by atoms with E-state index in [9.17, 15) is 67.3 Å². The minimum atomic E-state index is -7.94. The van der Waals surface area contributed by atoms with Crippen LogP contribution in [0.2, 0.25) is 0 Å². The highest BCUT2D eigenvalue weighted by molar-refractivity contribution is 14.1. The molecule has 1 atom stereocenters. The van der Waals surface area contributed by atoms with Crippen molar-refractivity contribution in [3.05, 3.63) is 23.8 Å². The molecule has 180 valence electrons. The van der Waals surface area contributed by atoms with Crippen LogP contribution in [-0.4, -0.2) is 49.9 Å². The maximum atomic E-state index is 13.8. The van der Waals surface area contributed by atoms with E-state index in [-0.39, 0.29) is 5.56 Å². The second-order valence-corrected chi connectivity index (χ2v) is 8.08. The third kappa shape index (κ3) is 4.72. The predicted molar refractivity (Wildman–Crippen MR) is 86.7 cm³/mol. The lowest BCUT2D eigenvalue weighted by atomic mass is 9.91. The van der Waals surface area contributed by atoms with Gasteiger partial charge in [-0.15, -0.1) is 0 Å². The summed E-state index contributed by atoms with van der Waals surface area (Å²) in [4.78, 5) is 0. The van der Waals surface area contributed by atoms with Crippen molar-refractivity contribution in [1.29, 1.82) is 0 Å². The van der Waals surface area contributed by atoms with Crippen molar-refractivity contribution in [2.45, 2.75) is 52.6 Å². The van der Waals surface area contributed by atoms with E-state index in [4.69, 9.17) is 0 Å². The molecule has 0 aliphatic heterocycles. The van der Waals surface area contributed by atoms with Gasteiger partial charge in [0, 0.05) is 10.3 Å². The topological polar surface area (TPSA) is 40.5 Å². The predicted octanol–water partition coefficient (Wildman–Crippen LogP) is 6.57. The maximum absolute atomic E-state index is 13.8.